The lowest BCUT2D eigenvalue weighted by Gasteiger charge is -2.36. The summed E-state index contributed by atoms with van der Waals surface area (Å²) in [5, 5.41) is 3.78. The van der Waals surface area contributed by atoms with Crippen LogP contribution in [-0.4, -0.2) is 65.2 Å². The minimum Gasteiger partial charge on any atom is -0.468 e. The van der Waals surface area contributed by atoms with Crippen LogP contribution in [0.2, 0.25) is 0 Å². The van der Waals surface area contributed by atoms with E-state index in [0.717, 1.165) is 26.2 Å². The van der Waals surface area contributed by atoms with Crippen molar-refractivity contribution in [1.29, 1.82) is 0 Å². The van der Waals surface area contributed by atoms with E-state index in [1.807, 2.05) is 13.8 Å². The molecule has 19 heavy (non-hydrogen) atoms. The first-order valence-corrected chi connectivity index (χ1v) is 6.43. The number of carbonyl (C=O) groups is 1. The Balaban J connectivity index is 1.80. The minimum atomic E-state index is -0.183. The lowest BCUT2D eigenvalue weighted by Crippen LogP contribution is -2.51. The molecule has 2 heterocycles. The van der Waals surface area contributed by atoms with Gasteiger partial charge in [0.05, 0.1) is 13.7 Å². The highest BCUT2D eigenvalue weighted by atomic mass is 16.5. The molecule has 0 radical (unpaired) electrons. The summed E-state index contributed by atoms with van der Waals surface area (Å²) in [6.07, 6.45) is 0. The van der Waals surface area contributed by atoms with Crippen molar-refractivity contribution >= 4 is 5.97 Å². The molecule has 0 amide bonds. The van der Waals surface area contributed by atoms with Crippen LogP contribution in [0.25, 0.3) is 0 Å². The van der Waals surface area contributed by atoms with Gasteiger partial charge < -0.3 is 9.26 Å². The zero-order valence-electron chi connectivity index (χ0n) is 11.6. The van der Waals surface area contributed by atoms with E-state index >= 15 is 0 Å². The normalized spacial score (nSPS) is 19.3. The Morgan fingerprint density at radius 3 is 2.63 bits per heavy atom. The van der Waals surface area contributed by atoms with Crippen LogP contribution in [0.5, 0.6) is 0 Å². The molecular formula is C12H20N4O3. The first-order valence-electron chi connectivity index (χ1n) is 6.43. The average Bonchev–Trinajstić information content (AvgIpc) is 2.83. The predicted octanol–water partition coefficient (Wildman–Crippen LogP) is 0.0571. The fraction of sp³-hybridized carbons (Fsp3) is 0.750. The first kappa shape index (κ1) is 14.0. The molecule has 1 fully saturated rings. The Bertz CT molecular complexity index is 426. The van der Waals surface area contributed by atoms with Crippen molar-refractivity contribution in [3.63, 3.8) is 0 Å². The summed E-state index contributed by atoms with van der Waals surface area (Å²) in [6.45, 7) is 7.78. The summed E-state index contributed by atoms with van der Waals surface area (Å²) in [7, 11) is 1.42. The average molecular weight is 268 g/mol. The number of ether oxygens (including phenoxy) is 1. The number of nitrogens with zero attached hydrogens (tertiary/aromatic N) is 4. The van der Waals surface area contributed by atoms with E-state index in [1.54, 1.807) is 0 Å². The van der Waals surface area contributed by atoms with E-state index in [4.69, 9.17) is 9.26 Å². The van der Waals surface area contributed by atoms with Crippen LogP contribution >= 0.6 is 0 Å². The van der Waals surface area contributed by atoms with Crippen LogP contribution in [0.1, 0.15) is 18.6 Å². The van der Waals surface area contributed by atoms with Gasteiger partial charge in [-0.05, 0) is 13.8 Å². The van der Waals surface area contributed by atoms with Gasteiger partial charge in [0.15, 0.2) is 5.82 Å². The molecule has 0 unspecified atom stereocenters. The monoisotopic (exact) mass is 268 g/mol. The smallest absolute Gasteiger partial charge is 0.322 e. The molecule has 0 aliphatic carbocycles. The molecule has 1 saturated heterocycles. The van der Waals surface area contributed by atoms with Gasteiger partial charge in [0.1, 0.15) is 6.04 Å². The molecular weight excluding hydrogens is 248 g/mol. The van der Waals surface area contributed by atoms with Gasteiger partial charge in [-0.2, -0.15) is 4.98 Å². The van der Waals surface area contributed by atoms with Crippen LogP contribution in [0, 0.1) is 6.92 Å². The molecule has 0 bridgehead atoms. The summed E-state index contributed by atoms with van der Waals surface area (Å²) in [5.41, 5.74) is 0. The largest absolute Gasteiger partial charge is 0.468 e. The van der Waals surface area contributed by atoms with Crippen molar-refractivity contribution in [2.45, 2.75) is 26.4 Å². The second-order valence-corrected chi connectivity index (χ2v) is 4.75. The summed E-state index contributed by atoms with van der Waals surface area (Å²) in [5.74, 6) is 1.13. The highest BCUT2D eigenvalue weighted by Gasteiger charge is 2.26. The van der Waals surface area contributed by atoms with Gasteiger partial charge >= 0.3 is 5.97 Å². The number of carbonyl (C=O) groups excluding carboxylic acids is 1. The van der Waals surface area contributed by atoms with Gasteiger partial charge in [-0.15, -0.1) is 0 Å². The van der Waals surface area contributed by atoms with Crippen LogP contribution in [0.4, 0.5) is 0 Å². The maximum absolute atomic E-state index is 11.5. The molecule has 0 N–H and O–H groups in total. The number of esters is 1. The van der Waals surface area contributed by atoms with Crippen molar-refractivity contribution in [1.82, 2.24) is 19.9 Å². The minimum absolute atomic E-state index is 0.180. The maximum atomic E-state index is 11.5. The Morgan fingerprint density at radius 1 is 1.42 bits per heavy atom. The fourth-order valence-electron chi connectivity index (χ4n) is 2.22. The van der Waals surface area contributed by atoms with Gasteiger partial charge in [0.25, 0.3) is 0 Å². The molecule has 106 valence electrons. The first-order chi connectivity index (χ1) is 9.10. The fourth-order valence-corrected chi connectivity index (χ4v) is 2.22. The highest BCUT2D eigenvalue weighted by molar-refractivity contribution is 5.75. The Morgan fingerprint density at radius 2 is 2.11 bits per heavy atom. The van der Waals surface area contributed by atoms with E-state index in [9.17, 15) is 4.79 Å². The van der Waals surface area contributed by atoms with Gasteiger partial charge in [-0.3, -0.25) is 14.6 Å². The van der Waals surface area contributed by atoms with Crippen molar-refractivity contribution < 1.29 is 14.1 Å². The molecule has 1 atom stereocenters. The molecule has 0 aromatic carbocycles. The van der Waals surface area contributed by atoms with Crippen molar-refractivity contribution in [2.75, 3.05) is 33.3 Å². The lowest BCUT2D eigenvalue weighted by molar-refractivity contribution is -0.147. The molecule has 2 rings (SSSR count). The Kier molecular flexibility index (Phi) is 4.49. The summed E-state index contributed by atoms with van der Waals surface area (Å²) < 4.78 is 9.87. The second kappa shape index (κ2) is 6.12. The summed E-state index contributed by atoms with van der Waals surface area (Å²) in [4.78, 5) is 20.0. The zero-order chi connectivity index (χ0) is 13.8. The van der Waals surface area contributed by atoms with Gasteiger partial charge in [-0.25, -0.2) is 0 Å². The van der Waals surface area contributed by atoms with Crippen molar-refractivity contribution in [3.8, 4) is 0 Å². The van der Waals surface area contributed by atoms with Crippen LogP contribution in [0.15, 0.2) is 4.52 Å². The number of rotatable bonds is 4. The van der Waals surface area contributed by atoms with Gasteiger partial charge in [-0.1, -0.05) is 5.16 Å². The van der Waals surface area contributed by atoms with E-state index in [2.05, 4.69) is 19.9 Å². The zero-order valence-corrected chi connectivity index (χ0v) is 11.6. The number of aromatic nitrogens is 2. The van der Waals surface area contributed by atoms with Gasteiger partial charge in [0, 0.05) is 26.2 Å². The maximum Gasteiger partial charge on any atom is 0.322 e. The number of piperazine rings is 1. The van der Waals surface area contributed by atoms with Crippen LogP contribution < -0.4 is 0 Å². The van der Waals surface area contributed by atoms with Crippen molar-refractivity contribution in [2.24, 2.45) is 0 Å². The molecule has 1 aromatic heterocycles. The summed E-state index contributed by atoms with van der Waals surface area (Å²) in [6, 6.07) is -0.183. The second-order valence-electron chi connectivity index (χ2n) is 4.75. The summed E-state index contributed by atoms with van der Waals surface area (Å²) >= 11 is 0. The van der Waals surface area contributed by atoms with E-state index in [0.29, 0.717) is 18.3 Å². The third-order valence-electron chi connectivity index (χ3n) is 3.43. The third kappa shape index (κ3) is 3.51. The molecule has 1 aromatic rings. The molecule has 0 saturated carbocycles. The Hall–Kier alpha value is -1.47. The number of hydrogen-bond acceptors (Lipinski definition) is 7. The predicted molar refractivity (Wildman–Crippen MR) is 67.4 cm³/mol. The SMILES string of the molecule is COC(=O)[C@H](C)N1CCN(Cc2nc(C)no2)CC1. The number of aryl methyl sites for hydroxylation is 1. The standard InChI is InChI=1S/C12H20N4O3/c1-9(12(17)18-3)16-6-4-15(5-7-16)8-11-13-10(2)14-19-11/h9H,4-8H2,1-3H3/t9-/m0/s1. The number of hydrogen-bond donors (Lipinski definition) is 0. The van der Waals surface area contributed by atoms with Crippen molar-refractivity contribution in [3.05, 3.63) is 11.7 Å². The number of methoxy groups -OCH3 is 1. The Labute approximate surface area is 112 Å². The van der Waals surface area contributed by atoms with Crippen LogP contribution in [-0.2, 0) is 16.1 Å². The lowest BCUT2D eigenvalue weighted by atomic mass is 10.2. The molecule has 1 aliphatic heterocycles. The van der Waals surface area contributed by atoms with E-state index in [-0.39, 0.29) is 12.0 Å². The highest BCUT2D eigenvalue weighted by Crippen LogP contribution is 2.10. The molecule has 1 aliphatic rings. The van der Waals surface area contributed by atoms with Crippen LogP contribution in [0.3, 0.4) is 0 Å². The van der Waals surface area contributed by atoms with E-state index in [1.165, 1.54) is 7.11 Å². The van der Waals surface area contributed by atoms with E-state index < -0.39 is 0 Å². The molecule has 7 nitrogen and oxygen atoms in total. The quantitative estimate of drug-likeness (QED) is 0.715. The third-order valence-corrected chi connectivity index (χ3v) is 3.43. The molecule has 7 heteroatoms. The molecule has 0 spiro atoms. The van der Waals surface area contributed by atoms with Gasteiger partial charge in [0.2, 0.25) is 5.89 Å². The topological polar surface area (TPSA) is 71.7 Å².